The molecule has 0 bridgehead atoms. The molecule has 3 heteroatoms. The predicted molar refractivity (Wildman–Crippen MR) is 68.0 cm³/mol. The lowest BCUT2D eigenvalue weighted by Gasteiger charge is -2.02. The molecule has 16 heavy (non-hydrogen) atoms. The Morgan fingerprint density at radius 3 is 2.00 bits per heavy atom. The van der Waals surface area contributed by atoms with Gasteiger partial charge in [-0.05, 0) is 24.1 Å². The zero-order valence-electron chi connectivity index (χ0n) is 10.9. The molecule has 0 saturated carbocycles. The Hall–Kier alpha value is -1.22. The first kappa shape index (κ1) is 17.2. The van der Waals surface area contributed by atoms with E-state index < -0.39 is 0 Å². The van der Waals surface area contributed by atoms with E-state index in [1.165, 1.54) is 12.1 Å². The lowest BCUT2D eigenvalue weighted by molar-refractivity contribution is 0.202. The summed E-state index contributed by atoms with van der Waals surface area (Å²) in [4.78, 5) is 0. The molecule has 0 aromatic heterocycles. The van der Waals surface area contributed by atoms with Crippen molar-refractivity contribution >= 4 is 0 Å². The summed E-state index contributed by atoms with van der Waals surface area (Å²) in [5.41, 5.74) is 0.951. The normalized spacial score (nSPS) is 8.31. The second kappa shape index (κ2) is 11.9. The number of benzene rings is 1. The van der Waals surface area contributed by atoms with Gasteiger partial charge in [-0.3, -0.25) is 0 Å². The van der Waals surface area contributed by atoms with Crippen LogP contribution in [0.4, 0.5) is 0 Å². The summed E-state index contributed by atoms with van der Waals surface area (Å²) in [5.74, 6) is -0.167. The molecule has 0 unspecified atom stereocenters. The Balaban J connectivity index is 0. The molecule has 94 valence electrons. The molecule has 0 amide bonds. The molecule has 1 aromatic carbocycles. The van der Waals surface area contributed by atoms with Crippen LogP contribution in [0, 0.1) is 0 Å². The average molecular weight is 228 g/mol. The van der Waals surface area contributed by atoms with Gasteiger partial charge in [0.25, 0.3) is 0 Å². The second-order valence-electron chi connectivity index (χ2n) is 2.57. The molecule has 0 aliphatic carbocycles. The third kappa shape index (κ3) is 7.12. The minimum atomic E-state index is -0.0869. The topological polar surface area (TPSA) is 49.7 Å². The lowest BCUT2D eigenvalue weighted by Crippen LogP contribution is -1.93. The molecule has 0 fully saturated rings. The summed E-state index contributed by atoms with van der Waals surface area (Å²) in [7, 11) is 1.63. The fourth-order valence-corrected chi connectivity index (χ4v) is 0.944. The van der Waals surface area contributed by atoms with E-state index >= 15 is 0 Å². The van der Waals surface area contributed by atoms with E-state index in [4.69, 9.17) is 14.9 Å². The molecule has 0 atom stereocenters. The third-order valence-corrected chi connectivity index (χ3v) is 1.63. The van der Waals surface area contributed by atoms with E-state index in [1.807, 2.05) is 27.7 Å². The van der Waals surface area contributed by atoms with Crippen molar-refractivity contribution < 1.29 is 14.9 Å². The number of rotatable bonds is 3. The van der Waals surface area contributed by atoms with Crippen molar-refractivity contribution in [1.82, 2.24) is 0 Å². The molecule has 0 aliphatic rings. The van der Waals surface area contributed by atoms with Crippen LogP contribution in [0.25, 0.3) is 0 Å². The molecule has 0 aliphatic heterocycles. The number of methoxy groups -OCH3 is 1. The van der Waals surface area contributed by atoms with Crippen molar-refractivity contribution in [3.63, 3.8) is 0 Å². The Labute approximate surface area is 98.7 Å². The van der Waals surface area contributed by atoms with Gasteiger partial charge in [0.2, 0.25) is 0 Å². The predicted octanol–water partition coefficient (Wildman–Crippen LogP) is 3.34. The van der Waals surface area contributed by atoms with Crippen LogP contribution in [0.15, 0.2) is 18.2 Å². The van der Waals surface area contributed by atoms with Gasteiger partial charge >= 0.3 is 0 Å². The van der Waals surface area contributed by atoms with Crippen molar-refractivity contribution in [2.45, 2.75) is 34.1 Å². The fourth-order valence-electron chi connectivity index (χ4n) is 0.944. The molecule has 0 saturated heterocycles. The van der Waals surface area contributed by atoms with Crippen LogP contribution in [0.1, 0.15) is 33.3 Å². The van der Waals surface area contributed by atoms with E-state index in [1.54, 1.807) is 13.2 Å². The Kier molecular flexibility index (Phi) is 12.7. The number of hydrogen-bond donors (Lipinski definition) is 2. The summed E-state index contributed by atoms with van der Waals surface area (Å²) >= 11 is 0. The molecule has 1 aromatic rings. The first-order chi connectivity index (χ1) is 7.74. The molecule has 0 heterocycles. The van der Waals surface area contributed by atoms with Crippen LogP contribution in [-0.4, -0.2) is 23.9 Å². The zero-order chi connectivity index (χ0) is 13.0. The maximum Gasteiger partial charge on any atom is 0.157 e. The standard InChI is InChI=1S/C9H12O3.2C2H6/c1-12-5-4-7-2-3-8(10)9(11)6-7;2*1-2/h2-3,6,10-11H,4-5H2,1H3;2*1-2H3. The van der Waals surface area contributed by atoms with Gasteiger partial charge in [-0.1, -0.05) is 33.8 Å². The minimum Gasteiger partial charge on any atom is -0.504 e. The quantitative estimate of drug-likeness (QED) is 0.780. The smallest absolute Gasteiger partial charge is 0.157 e. The van der Waals surface area contributed by atoms with Crippen molar-refractivity contribution in [3.8, 4) is 11.5 Å². The monoisotopic (exact) mass is 228 g/mol. The Morgan fingerprint density at radius 1 is 1.00 bits per heavy atom. The number of aromatic hydroxyl groups is 2. The van der Waals surface area contributed by atoms with Gasteiger partial charge in [-0.15, -0.1) is 0 Å². The second-order valence-corrected chi connectivity index (χ2v) is 2.57. The fraction of sp³-hybridized carbons (Fsp3) is 0.538. The zero-order valence-corrected chi connectivity index (χ0v) is 10.9. The summed E-state index contributed by atoms with van der Waals surface area (Å²) < 4.78 is 4.87. The summed E-state index contributed by atoms with van der Waals surface area (Å²) in [5, 5.41) is 18.1. The van der Waals surface area contributed by atoms with Gasteiger partial charge in [-0.2, -0.15) is 0 Å². The highest BCUT2D eigenvalue weighted by Crippen LogP contribution is 2.24. The third-order valence-electron chi connectivity index (χ3n) is 1.63. The number of hydrogen-bond acceptors (Lipinski definition) is 3. The summed E-state index contributed by atoms with van der Waals surface area (Å²) in [6, 6.07) is 4.77. The van der Waals surface area contributed by atoms with E-state index in [-0.39, 0.29) is 11.5 Å². The van der Waals surface area contributed by atoms with Crippen LogP contribution in [0.5, 0.6) is 11.5 Å². The van der Waals surface area contributed by atoms with Gasteiger partial charge < -0.3 is 14.9 Å². The SMILES string of the molecule is CC.CC.COCCc1ccc(O)c(O)c1. The van der Waals surface area contributed by atoms with Crippen LogP contribution < -0.4 is 0 Å². The van der Waals surface area contributed by atoms with Gasteiger partial charge in [0, 0.05) is 7.11 Å². The first-order valence-corrected chi connectivity index (χ1v) is 5.74. The minimum absolute atomic E-state index is 0.0800. The highest BCUT2D eigenvalue weighted by Gasteiger charge is 1.99. The lowest BCUT2D eigenvalue weighted by atomic mass is 10.1. The van der Waals surface area contributed by atoms with Crippen molar-refractivity contribution in [2.75, 3.05) is 13.7 Å². The molecule has 1 rings (SSSR count). The van der Waals surface area contributed by atoms with Crippen LogP contribution in [0.3, 0.4) is 0 Å². The van der Waals surface area contributed by atoms with Gasteiger partial charge in [-0.25, -0.2) is 0 Å². The highest BCUT2D eigenvalue weighted by atomic mass is 16.5. The van der Waals surface area contributed by atoms with Crippen LogP contribution in [0.2, 0.25) is 0 Å². The molecule has 0 spiro atoms. The van der Waals surface area contributed by atoms with Gasteiger partial charge in [0.15, 0.2) is 11.5 Å². The van der Waals surface area contributed by atoms with Crippen LogP contribution in [-0.2, 0) is 11.2 Å². The Morgan fingerprint density at radius 2 is 1.56 bits per heavy atom. The molecular formula is C13H24O3. The van der Waals surface area contributed by atoms with Crippen LogP contribution >= 0.6 is 0 Å². The molecular weight excluding hydrogens is 204 g/mol. The average Bonchev–Trinajstić information content (AvgIpc) is 2.36. The number of ether oxygens (including phenoxy) is 1. The number of phenols is 2. The van der Waals surface area contributed by atoms with E-state index in [9.17, 15) is 0 Å². The van der Waals surface area contributed by atoms with Crippen molar-refractivity contribution in [2.24, 2.45) is 0 Å². The highest BCUT2D eigenvalue weighted by molar-refractivity contribution is 5.40. The van der Waals surface area contributed by atoms with Crippen molar-refractivity contribution in [1.29, 1.82) is 0 Å². The van der Waals surface area contributed by atoms with E-state index in [0.29, 0.717) is 6.61 Å². The Bertz CT molecular complexity index is 259. The maximum atomic E-state index is 9.11. The van der Waals surface area contributed by atoms with E-state index in [2.05, 4.69) is 0 Å². The molecule has 3 nitrogen and oxygen atoms in total. The summed E-state index contributed by atoms with van der Waals surface area (Å²) in [6.07, 6.45) is 0.740. The number of phenolic OH excluding ortho intramolecular Hbond substituents is 2. The largest absolute Gasteiger partial charge is 0.504 e. The van der Waals surface area contributed by atoms with Gasteiger partial charge in [0.1, 0.15) is 0 Å². The molecule has 2 N–H and O–H groups in total. The maximum absolute atomic E-state index is 9.11. The van der Waals surface area contributed by atoms with Gasteiger partial charge in [0.05, 0.1) is 6.61 Å². The summed E-state index contributed by atoms with van der Waals surface area (Å²) in [6.45, 7) is 8.62. The van der Waals surface area contributed by atoms with E-state index in [0.717, 1.165) is 12.0 Å². The first-order valence-electron chi connectivity index (χ1n) is 5.74. The van der Waals surface area contributed by atoms with Crippen molar-refractivity contribution in [3.05, 3.63) is 23.8 Å². The molecule has 0 radical (unpaired) electrons.